The van der Waals surface area contributed by atoms with Crippen molar-refractivity contribution in [3.8, 4) is 16.3 Å². The molecule has 4 aromatic rings. The van der Waals surface area contributed by atoms with Gasteiger partial charge in [-0.15, -0.1) is 11.3 Å². The monoisotopic (exact) mass is 374 g/mol. The zero-order valence-corrected chi connectivity index (χ0v) is 15.8. The third kappa shape index (κ3) is 3.93. The van der Waals surface area contributed by atoms with Crippen LogP contribution in [0.1, 0.15) is 17.0 Å². The second kappa shape index (κ2) is 7.51. The van der Waals surface area contributed by atoms with E-state index < -0.39 is 0 Å². The number of hydrazone groups is 1. The summed E-state index contributed by atoms with van der Waals surface area (Å²) in [5, 5.41) is 12.2. The van der Waals surface area contributed by atoms with Gasteiger partial charge in [-0.2, -0.15) is 10.2 Å². The number of aromatic nitrogens is 4. The van der Waals surface area contributed by atoms with Crippen molar-refractivity contribution in [2.24, 2.45) is 5.10 Å². The number of hydrogen-bond donors (Lipinski definition) is 1. The fourth-order valence-electron chi connectivity index (χ4n) is 2.75. The van der Waals surface area contributed by atoms with Crippen LogP contribution in [0.3, 0.4) is 0 Å². The Hall–Kier alpha value is -3.32. The molecule has 0 radical (unpaired) electrons. The smallest absolute Gasteiger partial charge is 0.243 e. The van der Waals surface area contributed by atoms with E-state index >= 15 is 0 Å². The second-order valence-electron chi connectivity index (χ2n) is 6.04. The number of aryl methyl sites for hydroxylation is 2. The van der Waals surface area contributed by atoms with Crippen LogP contribution in [-0.4, -0.2) is 26.0 Å². The molecule has 0 bridgehead atoms. The van der Waals surface area contributed by atoms with Gasteiger partial charge in [-0.25, -0.2) is 20.1 Å². The fraction of sp³-hybridized carbons (Fsp3) is 0.100. The number of rotatable bonds is 5. The molecule has 3 heterocycles. The van der Waals surface area contributed by atoms with Gasteiger partial charge < -0.3 is 0 Å². The summed E-state index contributed by atoms with van der Waals surface area (Å²) >= 11 is 1.64. The quantitative estimate of drug-likeness (QED) is 0.414. The number of nitrogens with zero attached hydrogens (tertiary/aromatic N) is 5. The summed E-state index contributed by atoms with van der Waals surface area (Å²) in [6.45, 7) is 3.87. The summed E-state index contributed by atoms with van der Waals surface area (Å²) in [4.78, 5) is 8.67. The minimum Gasteiger partial charge on any atom is -0.245 e. The van der Waals surface area contributed by atoms with Gasteiger partial charge in [0.15, 0.2) is 0 Å². The normalized spacial score (nSPS) is 11.2. The minimum atomic E-state index is 0.482. The number of anilines is 1. The van der Waals surface area contributed by atoms with E-state index in [0.29, 0.717) is 5.95 Å². The van der Waals surface area contributed by atoms with Crippen molar-refractivity contribution in [1.82, 2.24) is 19.7 Å². The van der Waals surface area contributed by atoms with E-state index in [2.05, 4.69) is 20.5 Å². The van der Waals surface area contributed by atoms with Gasteiger partial charge in [0.05, 0.1) is 6.21 Å². The summed E-state index contributed by atoms with van der Waals surface area (Å²) in [6.07, 6.45) is 3.72. The largest absolute Gasteiger partial charge is 0.245 e. The molecule has 0 aliphatic rings. The zero-order valence-electron chi connectivity index (χ0n) is 15.0. The van der Waals surface area contributed by atoms with E-state index in [4.69, 9.17) is 5.10 Å². The van der Waals surface area contributed by atoms with Crippen LogP contribution in [0.2, 0.25) is 0 Å². The molecule has 7 heteroatoms. The van der Waals surface area contributed by atoms with E-state index in [-0.39, 0.29) is 0 Å². The number of benzene rings is 1. The van der Waals surface area contributed by atoms with E-state index in [9.17, 15) is 0 Å². The first kappa shape index (κ1) is 17.1. The van der Waals surface area contributed by atoms with Crippen LogP contribution in [-0.2, 0) is 0 Å². The maximum Gasteiger partial charge on any atom is 0.243 e. The van der Waals surface area contributed by atoms with E-state index in [1.165, 1.54) is 0 Å². The van der Waals surface area contributed by atoms with Crippen molar-refractivity contribution in [3.05, 3.63) is 77.1 Å². The van der Waals surface area contributed by atoms with E-state index in [1.807, 2.05) is 78.6 Å². The van der Waals surface area contributed by atoms with Crippen molar-refractivity contribution in [3.63, 3.8) is 0 Å². The highest BCUT2D eigenvalue weighted by Gasteiger charge is 2.11. The third-order valence-corrected chi connectivity index (χ3v) is 4.73. The lowest BCUT2D eigenvalue weighted by molar-refractivity contribution is 0.901. The van der Waals surface area contributed by atoms with Gasteiger partial charge in [0, 0.05) is 28.7 Å². The fourth-order valence-corrected chi connectivity index (χ4v) is 3.41. The lowest BCUT2D eigenvalue weighted by Gasteiger charge is -2.01. The Balaban J connectivity index is 1.66. The maximum atomic E-state index is 4.75. The van der Waals surface area contributed by atoms with Gasteiger partial charge in [0.2, 0.25) is 5.95 Å². The maximum absolute atomic E-state index is 4.75. The third-order valence-electron chi connectivity index (χ3n) is 3.87. The van der Waals surface area contributed by atoms with Crippen LogP contribution in [0.5, 0.6) is 0 Å². The molecule has 27 heavy (non-hydrogen) atoms. The molecule has 0 aliphatic heterocycles. The average Bonchev–Trinajstić information content (AvgIpc) is 3.31. The summed E-state index contributed by atoms with van der Waals surface area (Å²) in [5.74, 6) is 0.482. The second-order valence-corrected chi connectivity index (χ2v) is 6.97. The number of nitrogens with one attached hydrogen (secondary N) is 1. The molecule has 0 saturated carbocycles. The molecule has 6 nitrogen and oxygen atoms in total. The molecule has 0 spiro atoms. The van der Waals surface area contributed by atoms with Gasteiger partial charge in [-0.05, 0) is 37.4 Å². The summed E-state index contributed by atoms with van der Waals surface area (Å²) in [7, 11) is 0. The highest BCUT2D eigenvalue weighted by molar-refractivity contribution is 7.12. The molecular formula is C20H18N6S. The highest BCUT2D eigenvalue weighted by atomic mass is 32.1. The van der Waals surface area contributed by atoms with Gasteiger partial charge in [-0.1, -0.05) is 30.3 Å². The minimum absolute atomic E-state index is 0.482. The van der Waals surface area contributed by atoms with Crippen molar-refractivity contribution >= 4 is 23.5 Å². The van der Waals surface area contributed by atoms with Crippen LogP contribution < -0.4 is 5.43 Å². The summed E-state index contributed by atoms with van der Waals surface area (Å²) in [5.41, 5.74) is 7.53. The van der Waals surface area contributed by atoms with Crippen molar-refractivity contribution in [2.45, 2.75) is 13.8 Å². The summed E-state index contributed by atoms with van der Waals surface area (Å²) < 4.78 is 1.88. The lowest BCUT2D eigenvalue weighted by Crippen LogP contribution is -1.99. The molecule has 0 aliphatic carbocycles. The lowest BCUT2D eigenvalue weighted by atomic mass is 10.1. The molecule has 4 rings (SSSR count). The Morgan fingerprint density at radius 1 is 1.04 bits per heavy atom. The Bertz CT molecular complexity index is 1050. The molecule has 1 N–H and O–H groups in total. The zero-order chi connectivity index (χ0) is 18.6. The van der Waals surface area contributed by atoms with E-state index in [1.54, 1.807) is 17.6 Å². The first-order chi connectivity index (χ1) is 13.2. The molecule has 0 saturated heterocycles. The van der Waals surface area contributed by atoms with Crippen LogP contribution in [0.4, 0.5) is 5.95 Å². The Morgan fingerprint density at radius 2 is 1.81 bits per heavy atom. The SMILES string of the molecule is Cc1cc(C)nc(NN=Cc2cn(-c3cccs3)nc2-c2ccccc2)n1. The molecule has 0 atom stereocenters. The van der Waals surface area contributed by atoms with Crippen molar-refractivity contribution < 1.29 is 0 Å². The molecule has 0 unspecified atom stereocenters. The van der Waals surface area contributed by atoms with Crippen LogP contribution in [0, 0.1) is 13.8 Å². The number of hydrogen-bond acceptors (Lipinski definition) is 6. The van der Waals surface area contributed by atoms with Crippen LogP contribution >= 0.6 is 11.3 Å². The van der Waals surface area contributed by atoms with Crippen molar-refractivity contribution in [1.29, 1.82) is 0 Å². The molecule has 1 aromatic carbocycles. The molecule has 3 aromatic heterocycles. The summed E-state index contributed by atoms with van der Waals surface area (Å²) in [6, 6.07) is 16.0. The van der Waals surface area contributed by atoms with Crippen molar-refractivity contribution in [2.75, 3.05) is 5.43 Å². The van der Waals surface area contributed by atoms with Crippen LogP contribution in [0.25, 0.3) is 16.3 Å². The predicted octanol–water partition coefficient (Wildman–Crippen LogP) is 4.45. The molecule has 0 fully saturated rings. The van der Waals surface area contributed by atoms with Gasteiger partial charge in [0.1, 0.15) is 10.7 Å². The topological polar surface area (TPSA) is 68.0 Å². The predicted molar refractivity (Wildman–Crippen MR) is 110 cm³/mol. The first-order valence-electron chi connectivity index (χ1n) is 8.49. The molecular weight excluding hydrogens is 356 g/mol. The molecule has 0 amide bonds. The van der Waals surface area contributed by atoms with Gasteiger partial charge in [-0.3, -0.25) is 0 Å². The standard InChI is InChI=1S/C20H18N6S/c1-14-11-15(2)23-20(22-14)24-21-12-17-13-26(18-9-6-10-27-18)25-19(17)16-7-4-3-5-8-16/h3-13H,1-2H3,(H,22,23,24). The Labute approximate surface area is 161 Å². The Morgan fingerprint density at radius 3 is 2.52 bits per heavy atom. The first-order valence-corrected chi connectivity index (χ1v) is 9.37. The van der Waals surface area contributed by atoms with Gasteiger partial charge in [0.25, 0.3) is 0 Å². The number of thiophene rings is 1. The van der Waals surface area contributed by atoms with Crippen LogP contribution in [0.15, 0.2) is 65.2 Å². The highest BCUT2D eigenvalue weighted by Crippen LogP contribution is 2.24. The Kier molecular flexibility index (Phi) is 4.76. The van der Waals surface area contributed by atoms with Gasteiger partial charge >= 0.3 is 0 Å². The van der Waals surface area contributed by atoms with E-state index in [0.717, 1.165) is 33.2 Å². The average molecular weight is 374 g/mol. The molecule has 134 valence electrons.